The van der Waals surface area contributed by atoms with Crippen LogP contribution in [-0.2, 0) is 4.74 Å². The second-order valence-corrected chi connectivity index (χ2v) is 6.71. The highest BCUT2D eigenvalue weighted by atomic mass is 16.5. The second-order valence-electron chi connectivity index (χ2n) is 6.71. The van der Waals surface area contributed by atoms with Gasteiger partial charge >= 0.3 is 0 Å². The summed E-state index contributed by atoms with van der Waals surface area (Å²) in [4.78, 5) is 2.59. The van der Waals surface area contributed by atoms with Crippen molar-refractivity contribution < 1.29 is 4.74 Å². The monoisotopic (exact) mass is 254 g/mol. The van der Waals surface area contributed by atoms with E-state index in [2.05, 4.69) is 31.0 Å². The molecule has 0 aliphatic carbocycles. The molecule has 0 bridgehead atoms. The van der Waals surface area contributed by atoms with Gasteiger partial charge in [0.05, 0.1) is 0 Å². The zero-order valence-electron chi connectivity index (χ0n) is 12.4. The maximum atomic E-state index is 5.46. The summed E-state index contributed by atoms with van der Waals surface area (Å²) in [6.07, 6.45) is 5.05. The highest BCUT2D eigenvalue weighted by Gasteiger charge is 2.29. The molecular formula is C15H30N2O. The average molecular weight is 254 g/mol. The molecule has 18 heavy (non-hydrogen) atoms. The molecule has 2 aliphatic rings. The second kappa shape index (κ2) is 6.36. The van der Waals surface area contributed by atoms with Gasteiger partial charge in [-0.05, 0) is 58.0 Å². The molecule has 0 radical (unpaired) electrons. The Morgan fingerprint density at radius 1 is 1.22 bits per heavy atom. The fourth-order valence-corrected chi connectivity index (χ4v) is 3.05. The molecule has 0 unspecified atom stereocenters. The average Bonchev–Trinajstić information content (AvgIpc) is 2.38. The van der Waals surface area contributed by atoms with Gasteiger partial charge in [0.25, 0.3) is 0 Å². The van der Waals surface area contributed by atoms with E-state index in [9.17, 15) is 0 Å². The van der Waals surface area contributed by atoms with Crippen LogP contribution in [0.2, 0.25) is 0 Å². The minimum atomic E-state index is 0.466. The van der Waals surface area contributed by atoms with E-state index in [-0.39, 0.29) is 0 Å². The maximum absolute atomic E-state index is 5.46. The minimum Gasteiger partial charge on any atom is -0.381 e. The van der Waals surface area contributed by atoms with Gasteiger partial charge in [-0.2, -0.15) is 0 Å². The highest BCUT2D eigenvalue weighted by molar-refractivity contribution is 4.84. The number of ether oxygens (including phenoxy) is 1. The predicted octanol–water partition coefficient (Wildman–Crippen LogP) is 2.27. The number of hydrogen-bond acceptors (Lipinski definition) is 3. The van der Waals surface area contributed by atoms with Crippen molar-refractivity contribution in [3.05, 3.63) is 0 Å². The lowest BCUT2D eigenvalue weighted by molar-refractivity contribution is 0.0214. The van der Waals surface area contributed by atoms with Crippen molar-refractivity contribution >= 4 is 0 Å². The quantitative estimate of drug-likeness (QED) is 0.833. The lowest BCUT2D eigenvalue weighted by Gasteiger charge is -2.38. The molecule has 3 heteroatoms. The topological polar surface area (TPSA) is 24.5 Å². The first kappa shape index (κ1) is 14.3. The van der Waals surface area contributed by atoms with Crippen LogP contribution in [0.15, 0.2) is 0 Å². The van der Waals surface area contributed by atoms with Crippen LogP contribution >= 0.6 is 0 Å². The van der Waals surface area contributed by atoms with E-state index < -0.39 is 0 Å². The van der Waals surface area contributed by atoms with Gasteiger partial charge in [0.15, 0.2) is 0 Å². The van der Waals surface area contributed by atoms with Crippen LogP contribution in [0.25, 0.3) is 0 Å². The van der Waals surface area contributed by atoms with Crippen LogP contribution in [0, 0.1) is 5.41 Å². The molecule has 0 aromatic rings. The Labute approximate surface area is 112 Å². The van der Waals surface area contributed by atoms with Crippen LogP contribution < -0.4 is 5.32 Å². The van der Waals surface area contributed by atoms with Crippen molar-refractivity contribution in [2.24, 2.45) is 5.41 Å². The smallest absolute Gasteiger partial charge is 0.0471 e. The van der Waals surface area contributed by atoms with Gasteiger partial charge in [-0.15, -0.1) is 0 Å². The van der Waals surface area contributed by atoms with Gasteiger partial charge in [-0.25, -0.2) is 0 Å². The number of rotatable bonds is 4. The van der Waals surface area contributed by atoms with E-state index in [4.69, 9.17) is 4.74 Å². The fourth-order valence-electron chi connectivity index (χ4n) is 3.05. The van der Waals surface area contributed by atoms with Gasteiger partial charge < -0.3 is 15.0 Å². The van der Waals surface area contributed by atoms with Crippen LogP contribution in [0.1, 0.15) is 46.5 Å². The summed E-state index contributed by atoms with van der Waals surface area (Å²) in [5.41, 5.74) is 0.466. The third-order valence-corrected chi connectivity index (χ3v) is 4.78. The number of likely N-dealkylation sites (tertiary alicyclic amines) is 1. The van der Waals surface area contributed by atoms with Crippen molar-refractivity contribution in [1.29, 1.82) is 0 Å². The Hall–Kier alpha value is -0.120. The zero-order chi connectivity index (χ0) is 13.0. The first-order chi connectivity index (χ1) is 8.59. The normalized spacial score (nSPS) is 26.7. The number of nitrogens with one attached hydrogen (secondary N) is 1. The summed E-state index contributed by atoms with van der Waals surface area (Å²) in [5.74, 6) is 0. The molecule has 2 heterocycles. The van der Waals surface area contributed by atoms with Crippen molar-refractivity contribution in [3.8, 4) is 0 Å². The van der Waals surface area contributed by atoms with E-state index >= 15 is 0 Å². The van der Waals surface area contributed by atoms with Gasteiger partial charge in [0.2, 0.25) is 0 Å². The Bertz CT molecular complexity index is 241. The Morgan fingerprint density at radius 2 is 1.83 bits per heavy atom. The summed E-state index contributed by atoms with van der Waals surface area (Å²) in [6.45, 7) is 12.6. The lowest BCUT2D eigenvalue weighted by atomic mass is 9.82. The van der Waals surface area contributed by atoms with Crippen LogP contribution in [0.4, 0.5) is 0 Å². The Balaban J connectivity index is 1.68. The van der Waals surface area contributed by atoms with Crippen LogP contribution in [0.3, 0.4) is 0 Å². The maximum Gasteiger partial charge on any atom is 0.0471 e. The van der Waals surface area contributed by atoms with Crippen molar-refractivity contribution in [1.82, 2.24) is 10.2 Å². The molecule has 106 valence electrons. The molecular weight excluding hydrogens is 224 g/mol. The molecule has 2 rings (SSSR count). The summed E-state index contributed by atoms with van der Waals surface area (Å²) < 4.78 is 5.46. The number of piperidine rings is 1. The Kier molecular flexibility index (Phi) is 5.05. The van der Waals surface area contributed by atoms with Gasteiger partial charge in [-0.1, -0.05) is 6.92 Å². The van der Waals surface area contributed by atoms with E-state index in [1.807, 2.05) is 0 Å². The third-order valence-electron chi connectivity index (χ3n) is 4.78. The highest BCUT2D eigenvalue weighted by Crippen LogP contribution is 2.29. The molecule has 0 aromatic heterocycles. The third kappa shape index (κ3) is 3.94. The summed E-state index contributed by atoms with van der Waals surface area (Å²) in [5, 5.41) is 3.81. The lowest BCUT2D eigenvalue weighted by Crippen LogP contribution is -2.48. The van der Waals surface area contributed by atoms with E-state index in [1.165, 1.54) is 45.3 Å². The molecule has 2 saturated heterocycles. The first-order valence-corrected chi connectivity index (χ1v) is 7.64. The SMILES string of the molecule is CC(C)N1CCC(NCC2(C)CCOCC2)CC1. The summed E-state index contributed by atoms with van der Waals surface area (Å²) >= 11 is 0. The van der Waals surface area contributed by atoms with E-state index in [0.29, 0.717) is 11.5 Å². The van der Waals surface area contributed by atoms with E-state index in [1.54, 1.807) is 0 Å². The van der Waals surface area contributed by atoms with E-state index in [0.717, 1.165) is 19.3 Å². The van der Waals surface area contributed by atoms with Crippen molar-refractivity contribution in [3.63, 3.8) is 0 Å². The van der Waals surface area contributed by atoms with Crippen LogP contribution in [-0.4, -0.2) is 49.8 Å². The van der Waals surface area contributed by atoms with Gasteiger partial charge in [0, 0.05) is 31.8 Å². The number of nitrogens with zero attached hydrogens (tertiary/aromatic N) is 1. The standard InChI is InChI=1S/C15H30N2O/c1-13(2)17-8-4-14(5-9-17)16-12-15(3)6-10-18-11-7-15/h13-14,16H,4-12H2,1-3H3. The molecule has 0 atom stereocenters. The summed E-state index contributed by atoms with van der Waals surface area (Å²) in [6, 6.07) is 1.44. The molecule has 1 N–H and O–H groups in total. The molecule has 0 spiro atoms. The van der Waals surface area contributed by atoms with Crippen LogP contribution in [0.5, 0.6) is 0 Å². The van der Waals surface area contributed by atoms with Crippen molar-refractivity contribution in [2.75, 3.05) is 32.8 Å². The Morgan fingerprint density at radius 3 is 2.39 bits per heavy atom. The predicted molar refractivity (Wildman–Crippen MR) is 75.9 cm³/mol. The molecule has 3 nitrogen and oxygen atoms in total. The largest absolute Gasteiger partial charge is 0.381 e. The summed E-state index contributed by atoms with van der Waals surface area (Å²) in [7, 11) is 0. The molecule has 2 fully saturated rings. The van der Waals surface area contributed by atoms with Crippen molar-refractivity contribution in [2.45, 2.75) is 58.5 Å². The molecule has 0 amide bonds. The molecule has 0 aromatic carbocycles. The first-order valence-electron chi connectivity index (χ1n) is 7.64. The molecule has 0 saturated carbocycles. The zero-order valence-corrected chi connectivity index (χ0v) is 12.4. The molecule has 2 aliphatic heterocycles. The minimum absolute atomic E-state index is 0.466. The van der Waals surface area contributed by atoms with Gasteiger partial charge in [0.1, 0.15) is 0 Å². The fraction of sp³-hybridized carbons (Fsp3) is 1.00. The number of hydrogen-bond donors (Lipinski definition) is 1. The van der Waals surface area contributed by atoms with Gasteiger partial charge in [-0.3, -0.25) is 0 Å².